The Kier molecular flexibility index (Phi) is 7.40. The lowest BCUT2D eigenvalue weighted by Gasteiger charge is -2.28. The number of carbonyl (C=O) groups is 3. The number of nitrogens with zero attached hydrogens (tertiary/aromatic N) is 3. The molecule has 2 aliphatic heterocycles. The summed E-state index contributed by atoms with van der Waals surface area (Å²) in [6.07, 6.45) is 0. The van der Waals surface area contributed by atoms with Gasteiger partial charge in [0.1, 0.15) is 18.1 Å². The molecule has 0 aromatic heterocycles. The van der Waals surface area contributed by atoms with E-state index in [0.29, 0.717) is 42.3 Å². The van der Waals surface area contributed by atoms with Gasteiger partial charge in [-0.05, 0) is 50.0 Å². The van der Waals surface area contributed by atoms with Gasteiger partial charge in [-0.2, -0.15) is 0 Å². The normalized spacial score (nSPS) is 18.6. The highest BCUT2D eigenvalue weighted by Gasteiger charge is 2.46. The SMILES string of the molecule is COc1ccc(C2/C(=C(\O)c3ccc4c(c3)N(C)CCO4)C(=O)C(=O)N2CCN(C)C)cc1OC(C)=O. The number of likely N-dealkylation sites (tertiary alicyclic amines) is 1. The first-order valence-electron chi connectivity index (χ1n) is 11.9. The zero-order valence-electron chi connectivity index (χ0n) is 21.6. The molecule has 2 heterocycles. The van der Waals surface area contributed by atoms with E-state index in [1.165, 1.54) is 18.9 Å². The lowest BCUT2D eigenvalue weighted by Crippen LogP contribution is -2.35. The van der Waals surface area contributed by atoms with Crippen molar-refractivity contribution < 1.29 is 33.7 Å². The van der Waals surface area contributed by atoms with Gasteiger partial charge in [-0.3, -0.25) is 14.4 Å². The van der Waals surface area contributed by atoms with Crippen molar-refractivity contribution in [3.05, 3.63) is 53.1 Å². The van der Waals surface area contributed by atoms with Crippen LogP contribution in [0.1, 0.15) is 24.1 Å². The van der Waals surface area contributed by atoms with Gasteiger partial charge >= 0.3 is 5.97 Å². The van der Waals surface area contributed by atoms with E-state index >= 15 is 0 Å². The zero-order valence-corrected chi connectivity index (χ0v) is 21.6. The van der Waals surface area contributed by atoms with Crippen LogP contribution in [0.4, 0.5) is 5.69 Å². The summed E-state index contributed by atoms with van der Waals surface area (Å²) in [5, 5.41) is 11.4. The third kappa shape index (κ3) is 5.10. The minimum atomic E-state index is -0.898. The number of likely N-dealkylation sites (N-methyl/N-ethyl adjacent to an activating group) is 2. The molecule has 4 rings (SSSR count). The second-order valence-electron chi connectivity index (χ2n) is 9.25. The maximum atomic E-state index is 13.3. The average molecular weight is 510 g/mol. The van der Waals surface area contributed by atoms with Gasteiger partial charge in [0, 0.05) is 32.6 Å². The second kappa shape index (κ2) is 10.5. The predicted octanol–water partition coefficient (Wildman–Crippen LogP) is 2.43. The number of ketones is 1. The summed E-state index contributed by atoms with van der Waals surface area (Å²) in [5.74, 6) is -1.18. The van der Waals surface area contributed by atoms with Crippen LogP contribution < -0.4 is 19.1 Å². The molecule has 10 nitrogen and oxygen atoms in total. The van der Waals surface area contributed by atoms with Gasteiger partial charge in [0.15, 0.2) is 11.5 Å². The first kappa shape index (κ1) is 26.0. The third-order valence-electron chi connectivity index (χ3n) is 6.41. The van der Waals surface area contributed by atoms with E-state index in [1.54, 1.807) is 36.4 Å². The average Bonchev–Trinajstić information content (AvgIpc) is 3.11. The van der Waals surface area contributed by atoms with E-state index in [0.717, 1.165) is 5.69 Å². The fourth-order valence-corrected chi connectivity index (χ4v) is 4.52. The monoisotopic (exact) mass is 509 g/mol. The Bertz CT molecular complexity index is 1270. The highest BCUT2D eigenvalue weighted by molar-refractivity contribution is 6.46. The quantitative estimate of drug-likeness (QED) is 0.198. The molecule has 1 unspecified atom stereocenters. The Balaban J connectivity index is 1.87. The lowest BCUT2D eigenvalue weighted by molar-refractivity contribution is -0.140. The molecule has 37 heavy (non-hydrogen) atoms. The Morgan fingerprint density at radius 1 is 1.16 bits per heavy atom. The Labute approximate surface area is 215 Å². The number of ether oxygens (including phenoxy) is 3. The van der Waals surface area contributed by atoms with Gasteiger partial charge in [-0.25, -0.2) is 0 Å². The molecule has 2 aromatic rings. The molecule has 1 saturated heterocycles. The van der Waals surface area contributed by atoms with E-state index in [1.807, 2.05) is 30.9 Å². The van der Waals surface area contributed by atoms with Gasteiger partial charge in [0.2, 0.25) is 0 Å². The maximum Gasteiger partial charge on any atom is 0.308 e. The molecule has 196 valence electrons. The lowest BCUT2D eigenvalue weighted by atomic mass is 9.94. The molecular weight excluding hydrogens is 478 g/mol. The molecule has 10 heteroatoms. The van der Waals surface area contributed by atoms with Gasteiger partial charge in [0.05, 0.1) is 31.0 Å². The minimum Gasteiger partial charge on any atom is -0.507 e. The van der Waals surface area contributed by atoms with Crippen LogP contribution >= 0.6 is 0 Å². The molecule has 0 radical (unpaired) electrons. The topological polar surface area (TPSA) is 109 Å². The zero-order chi connectivity index (χ0) is 26.9. The molecule has 0 aliphatic carbocycles. The van der Waals surface area contributed by atoms with Crippen LogP contribution in [0.3, 0.4) is 0 Å². The van der Waals surface area contributed by atoms with Crippen LogP contribution in [-0.2, 0) is 14.4 Å². The van der Waals surface area contributed by atoms with Crippen molar-refractivity contribution in [2.24, 2.45) is 0 Å². The number of Topliss-reactive ketones (excluding diaryl/α,β-unsaturated/α-hetero) is 1. The molecule has 1 atom stereocenters. The van der Waals surface area contributed by atoms with E-state index in [9.17, 15) is 19.5 Å². The van der Waals surface area contributed by atoms with Crippen molar-refractivity contribution in [3.63, 3.8) is 0 Å². The molecule has 0 spiro atoms. The number of rotatable bonds is 7. The number of hydrogen-bond donors (Lipinski definition) is 1. The molecular formula is C27H31N3O7. The first-order valence-corrected chi connectivity index (χ1v) is 11.9. The van der Waals surface area contributed by atoms with Crippen LogP contribution in [0.15, 0.2) is 42.0 Å². The number of esters is 1. The molecule has 0 saturated carbocycles. The molecule has 1 amide bonds. The fourth-order valence-electron chi connectivity index (χ4n) is 4.52. The maximum absolute atomic E-state index is 13.3. The number of carbonyl (C=O) groups excluding carboxylic acids is 3. The van der Waals surface area contributed by atoms with Gasteiger partial charge in [0.25, 0.3) is 11.7 Å². The van der Waals surface area contributed by atoms with E-state index in [2.05, 4.69) is 0 Å². The number of anilines is 1. The Hall–Kier alpha value is -4.05. The number of amides is 1. The summed E-state index contributed by atoms with van der Waals surface area (Å²) < 4.78 is 16.3. The van der Waals surface area contributed by atoms with Crippen molar-refractivity contribution in [2.45, 2.75) is 13.0 Å². The fraction of sp³-hybridized carbons (Fsp3) is 0.370. The summed E-state index contributed by atoms with van der Waals surface area (Å²) in [5.41, 5.74) is 1.62. The minimum absolute atomic E-state index is 0.0398. The summed E-state index contributed by atoms with van der Waals surface area (Å²) >= 11 is 0. The summed E-state index contributed by atoms with van der Waals surface area (Å²) in [6, 6.07) is 9.09. The molecule has 2 aromatic carbocycles. The van der Waals surface area contributed by atoms with Crippen molar-refractivity contribution in [1.29, 1.82) is 0 Å². The largest absolute Gasteiger partial charge is 0.507 e. The summed E-state index contributed by atoms with van der Waals surface area (Å²) in [4.78, 5) is 43.5. The molecule has 2 aliphatic rings. The number of methoxy groups -OCH3 is 1. The number of aliphatic hydroxyl groups is 1. The van der Waals surface area contributed by atoms with Crippen LogP contribution in [-0.4, -0.2) is 87.1 Å². The Morgan fingerprint density at radius 3 is 2.59 bits per heavy atom. The molecule has 1 fully saturated rings. The van der Waals surface area contributed by atoms with Crippen molar-refractivity contribution in [1.82, 2.24) is 9.80 Å². The van der Waals surface area contributed by atoms with Gasteiger partial charge in [-0.15, -0.1) is 0 Å². The van der Waals surface area contributed by atoms with Gasteiger partial charge < -0.3 is 34.0 Å². The molecule has 1 N–H and O–H groups in total. The Morgan fingerprint density at radius 2 is 1.92 bits per heavy atom. The van der Waals surface area contributed by atoms with Crippen molar-refractivity contribution >= 4 is 29.1 Å². The van der Waals surface area contributed by atoms with Crippen LogP contribution in [0.2, 0.25) is 0 Å². The summed E-state index contributed by atoms with van der Waals surface area (Å²) in [6.45, 7) is 3.24. The number of fused-ring (bicyclic) bond motifs is 1. The van der Waals surface area contributed by atoms with E-state index in [-0.39, 0.29) is 23.6 Å². The standard InChI is InChI=1S/C27H31N3O7/c1-16(31)37-22-15-17(6-9-21(22)35-5)24-23(26(33)27(34)30(24)11-10-28(2)3)25(32)18-7-8-20-19(14-18)29(4)12-13-36-20/h6-9,14-15,24,32H,10-13H2,1-5H3/b25-23+. The first-order chi connectivity index (χ1) is 17.6. The molecule has 0 bridgehead atoms. The van der Waals surface area contributed by atoms with E-state index < -0.39 is 23.7 Å². The number of benzene rings is 2. The van der Waals surface area contributed by atoms with Crippen molar-refractivity contribution in [2.75, 3.05) is 59.4 Å². The highest BCUT2D eigenvalue weighted by Crippen LogP contribution is 2.43. The third-order valence-corrected chi connectivity index (χ3v) is 6.41. The van der Waals surface area contributed by atoms with Crippen molar-refractivity contribution in [3.8, 4) is 17.2 Å². The second-order valence-corrected chi connectivity index (χ2v) is 9.25. The summed E-state index contributed by atoms with van der Waals surface area (Å²) in [7, 11) is 7.09. The van der Waals surface area contributed by atoms with Crippen LogP contribution in [0, 0.1) is 0 Å². The van der Waals surface area contributed by atoms with Gasteiger partial charge in [-0.1, -0.05) is 6.07 Å². The van der Waals surface area contributed by atoms with E-state index in [4.69, 9.17) is 14.2 Å². The predicted molar refractivity (Wildman–Crippen MR) is 137 cm³/mol. The highest BCUT2D eigenvalue weighted by atomic mass is 16.6. The number of hydrogen-bond acceptors (Lipinski definition) is 9. The number of aliphatic hydroxyl groups excluding tert-OH is 1. The van der Waals surface area contributed by atoms with Crippen LogP contribution in [0.5, 0.6) is 17.2 Å². The van der Waals surface area contributed by atoms with Crippen LogP contribution in [0.25, 0.3) is 5.76 Å². The smallest absolute Gasteiger partial charge is 0.308 e.